The fourth-order valence-electron chi connectivity index (χ4n) is 0.882. The van der Waals surface area contributed by atoms with E-state index in [0.29, 0.717) is 0 Å². The van der Waals surface area contributed by atoms with Gasteiger partial charge in [-0.1, -0.05) is 0 Å². The smallest absolute Gasteiger partial charge is 0.359 e. The quantitative estimate of drug-likeness (QED) is 0.690. The van der Waals surface area contributed by atoms with Gasteiger partial charge in [-0.15, -0.1) is 0 Å². The number of esters is 1. The number of carbonyl (C=O) groups is 1. The molecule has 4 nitrogen and oxygen atoms in total. The van der Waals surface area contributed by atoms with Crippen LogP contribution in [0.25, 0.3) is 0 Å². The normalized spacial score (nSPS) is 9.64. The van der Waals surface area contributed by atoms with E-state index in [1.54, 1.807) is 6.92 Å². The molecule has 0 aliphatic rings. The van der Waals surface area contributed by atoms with E-state index in [2.05, 4.69) is 9.72 Å². The molecule has 0 amide bonds. The van der Waals surface area contributed by atoms with E-state index >= 15 is 0 Å². The zero-order valence-electron chi connectivity index (χ0n) is 7.91. The zero-order chi connectivity index (χ0) is 10.6. The molecule has 1 rings (SSSR count). The highest BCUT2D eigenvalue weighted by molar-refractivity contribution is 5.87. The summed E-state index contributed by atoms with van der Waals surface area (Å²) in [6, 6.07) is 1.08. The van der Waals surface area contributed by atoms with Crippen molar-refractivity contribution in [1.29, 1.82) is 0 Å². The van der Waals surface area contributed by atoms with E-state index in [9.17, 15) is 9.18 Å². The molecule has 1 aromatic rings. The van der Waals surface area contributed by atoms with Crippen LogP contribution in [0.5, 0.6) is 5.75 Å². The molecule has 5 heteroatoms. The second-order valence-corrected chi connectivity index (χ2v) is 2.43. The monoisotopic (exact) mass is 199 g/mol. The minimum Gasteiger partial charge on any atom is -0.495 e. The van der Waals surface area contributed by atoms with Crippen molar-refractivity contribution in [3.63, 3.8) is 0 Å². The van der Waals surface area contributed by atoms with Crippen molar-refractivity contribution >= 4 is 5.97 Å². The SMILES string of the molecule is CCOC(=O)c1ncc(OC)cc1F. The number of ether oxygens (including phenoxy) is 2. The molecule has 76 valence electrons. The summed E-state index contributed by atoms with van der Waals surface area (Å²) < 4.78 is 22.5. The maximum Gasteiger partial charge on any atom is 0.359 e. The highest BCUT2D eigenvalue weighted by Gasteiger charge is 2.14. The molecule has 14 heavy (non-hydrogen) atoms. The third-order valence-corrected chi connectivity index (χ3v) is 1.52. The van der Waals surface area contributed by atoms with Crippen LogP contribution in [-0.2, 0) is 4.74 Å². The average Bonchev–Trinajstić information content (AvgIpc) is 2.17. The first-order valence-electron chi connectivity index (χ1n) is 4.05. The Kier molecular flexibility index (Phi) is 3.39. The van der Waals surface area contributed by atoms with Gasteiger partial charge in [-0.05, 0) is 6.92 Å². The lowest BCUT2D eigenvalue weighted by Gasteiger charge is -2.03. The van der Waals surface area contributed by atoms with Gasteiger partial charge in [0.2, 0.25) is 0 Å². The topological polar surface area (TPSA) is 48.4 Å². The van der Waals surface area contributed by atoms with Crippen molar-refractivity contribution in [1.82, 2.24) is 4.98 Å². The number of hydrogen-bond acceptors (Lipinski definition) is 4. The molecule has 0 bridgehead atoms. The first-order valence-corrected chi connectivity index (χ1v) is 4.05. The Balaban J connectivity index is 2.94. The summed E-state index contributed by atoms with van der Waals surface area (Å²) in [4.78, 5) is 14.7. The fraction of sp³-hybridized carbons (Fsp3) is 0.333. The first kappa shape index (κ1) is 10.4. The van der Waals surface area contributed by atoms with Gasteiger partial charge in [-0.3, -0.25) is 0 Å². The molecule has 0 fully saturated rings. The molecule has 1 heterocycles. The molecule has 1 aromatic heterocycles. The highest BCUT2D eigenvalue weighted by Crippen LogP contribution is 2.13. The van der Waals surface area contributed by atoms with E-state index in [0.717, 1.165) is 6.07 Å². The number of hydrogen-bond donors (Lipinski definition) is 0. The first-order chi connectivity index (χ1) is 6.69. The Bertz CT molecular complexity index is 341. The van der Waals surface area contributed by atoms with Crippen LogP contribution in [0.15, 0.2) is 12.3 Å². The van der Waals surface area contributed by atoms with Crippen molar-refractivity contribution in [2.24, 2.45) is 0 Å². The van der Waals surface area contributed by atoms with Crippen molar-refractivity contribution < 1.29 is 18.7 Å². The van der Waals surface area contributed by atoms with Crippen LogP contribution in [0.2, 0.25) is 0 Å². The predicted octanol–water partition coefficient (Wildman–Crippen LogP) is 1.41. The number of aromatic nitrogens is 1. The molecule has 0 saturated carbocycles. The highest BCUT2D eigenvalue weighted by atomic mass is 19.1. The van der Waals surface area contributed by atoms with Gasteiger partial charge in [0.25, 0.3) is 0 Å². The van der Waals surface area contributed by atoms with Gasteiger partial charge in [0.05, 0.1) is 19.9 Å². The Morgan fingerprint density at radius 2 is 2.36 bits per heavy atom. The summed E-state index contributed by atoms with van der Waals surface area (Å²) in [5.74, 6) is -1.26. The molecular weight excluding hydrogens is 189 g/mol. The summed E-state index contributed by atoms with van der Waals surface area (Å²) in [6.07, 6.45) is 1.26. The second kappa shape index (κ2) is 4.55. The number of halogens is 1. The molecule has 0 aliphatic carbocycles. The molecular formula is C9H10FNO3. The molecule has 0 saturated heterocycles. The van der Waals surface area contributed by atoms with Crippen LogP contribution in [0.1, 0.15) is 17.4 Å². The maximum atomic E-state index is 13.2. The van der Waals surface area contributed by atoms with E-state index in [4.69, 9.17) is 4.74 Å². The van der Waals surface area contributed by atoms with Crippen LogP contribution in [-0.4, -0.2) is 24.7 Å². The van der Waals surface area contributed by atoms with Crippen molar-refractivity contribution in [2.45, 2.75) is 6.92 Å². The maximum absolute atomic E-state index is 13.2. The van der Waals surface area contributed by atoms with Gasteiger partial charge in [0, 0.05) is 6.07 Å². The van der Waals surface area contributed by atoms with Crippen LogP contribution in [0.3, 0.4) is 0 Å². The molecule has 0 radical (unpaired) electrons. The molecule has 0 aromatic carbocycles. The Morgan fingerprint density at radius 1 is 1.64 bits per heavy atom. The molecule has 0 N–H and O–H groups in total. The molecule has 0 spiro atoms. The van der Waals surface area contributed by atoms with Crippen LogP contribution in [0, 0.1) is 5.82 Å². The van der Waals surface area contributed by atoms with E-state index in [1.165, 1.54) is 13.3 Å². The zero-order valence-corrected chi connectivity index (χ0v) is 7.91. The standard InChI is InChI=1S/C9H10FNO3/c1-3-14-9(12)8-7(10)4-6(13-2)5-11-8/h4-5H,3H2,1-2H3. The van der Waals surface area contributed by atoms with Gasteiger partial charge in [-0.25, -0.2) is 14.2 Å². The average molecular weight is 199 g/mol. The lowest BCUT2D eigenvalue weighted by atomic mass is 10.3. The van der Waals surface area contributed by atoms with Crippen LogP contribution >= 0.6 is 0 Å². The van der Waals surface area contributed by atoms with Crippen LogP contribution < -0.4 is 4.74 Å². The number of rotatable bonds is 3. The third kappa shape index (κ3) is 2.18. The molecule has 0 aliphatic heterocycles. The number of methoxy groups -OCH3 is 1. The summed E-state index contributed by atoms with van der Waals surface area (Å²) in [5, 5.41) is 0. The fourth-order valence-corrected chi connectivity index (χ4v) is 0.882. The lowest BCUT2D eigenvalue weighted by Crippen LogP contribution is -2.09. The summed E-state index contributed by atoms with van der Waals surface area (Å²) >= 11 is 0. The van der Waals surface area contributed by atoms with E-state index < -0.39 is 11.8 Å². The van der Waals surface area contributed by atoms with E-state index in [-0.39, 0.29) is 18.1 Å². The Hall–Kier alpha value is -1.65. The summed E-state index contributed by atoms with van der Waals surface area (Å²) in [6.45, 7) is 1.82. The van der Waals surface area contributed by atoms with Gasteiger partial charge in [-0.2, -0.15) is 0 Å². The number of pyridine rings is 1. The predicted molar refractivity (Wildman–Crippen MR) is 46.7 cm³/mol. The minimum atomic E-state index is -0.771. The van der Waals surface area contributed by atoms with Gasteiger partial charge >= 0.3 is 5.97 Å². The molecule has 0 unspecified atom stereocenters. The summed E-state index contributed by atoms with van der Waals surface area (Å²) in [5.41, 5.74) is -0.326. The number of nitrogens with zero attached hydrogens (tertiary/aromatic N) is 1. The van der Waals surface area contributed by atoms with E-state index in [1.807, 2.05) is 0 Å². The van der Waals surface area contributed by atoms with Crippen molar-refractivity contribution in [2.75, 3.05) is 13.7 Å². The third-order valence-electron chi connectivity index (χ3n) is 1.52. The Labute approximate surface area is 80.7 Å². The molecule has 0 atom stereocenters. The van der Waals surface area contributed by atoms with Gasteiger partial charge < -0.3 is 9.47 Å². The lowest BCUT2D eigenvalue weighted by molar-refractivity contribution is 0.0513. The number of carbonyl (C=O) groups excluding carboxylic acids is 1. The van der Waals surface area contributed by atoms with Crippen molar-refractivity contribution in [3.05, 3.63) is 23.8 Å². The Morgan fingerprint density at radius 3 is 2.86 bits per heavy atom. The van der Waals surface area contributed by atoms with Gasteiger partial charge in [0.1, 0.15) is 5.75 Å². The second-order valence-electron chi connectivity index (χ2n) is 2.43. The van der Waals surface area contributed by atoms with Gasteiger partial charge in [0.15, 0.2) is 11.5 Å². The minimum absolute atomic E-state index is 0.186. The largest absolute Gasteiger partial charge is 0.495 e. The summed E-state index contributed by atoms with van der Waals surface area (Å²) in [7, 11) is 1.39. The van der Waals surface area contributed by atoms with Crippen molar-refractivity contribution in [3.8, 4) is 5.75 Å². The van der Waals surface area contributed by atoms with Crippen LogP contribution in [0.4, 0.5) is 4.39 Å².